The number of anilines is 1. The van der Waals surface area contributed by atoms with E-state index >= 15 is 0 Å². The third-order valence-electron chi connectivity index (χ3n) is 4.86. The van der Waals surface area contributed by atoms with Crippen LogP contribution in [-0.4, -0.2) is 44.5 Å². The van der Waals surface area contributed by atoms with Crippen LogP contribution in [0.25, 0.3) is 0 Å². The highest BCUT2D eigenvalue weighted by atomic mass is 16.5. The van der Waals surface area contributed by atoms with Crippen LogP contribution in [0.5, 0.6) is 11.5 Å². The molecule has 0 saturated carbocycles. The zero-order valence-electron chi connectivity index (χ0n) is 16.6. The average Bonchev–Trinajstić information content (AvgIpc) is 3.14. The fourth-order valence-electron chi connectivity index (χ4n) is 3.27. The van der Waals surface area contributed by atoms with Crippen molar-refractivity contribution in [3.8, 4) is 11.5 Å². The number of benzene rings is 2. The van der Waals surface area contributed by atoms with Crippen LogP contribution in [-0.2, 0) is 14.3 Å². The Morgan fingerprint density at radius 2 is 1.79 bits per heavy atom. The molecule has 1 amide bonds. The number of ether oxygens (including phenoxy) is 3. The third kappa shape index (κ3) is 4.39. The van der Waals surface area contributed by atoms with Gasteiger partial charge in [-0.2, -0.15) is 0 Å². The van der Waals surface area contributed by atoms with Gasteiger partial charge in [-0.05, 0) is 19.1 Å². The largest absolute Gasteiger partial charge is 0.497 e. The highest BCUT2D eigenvalue weighted by Crippen LogP contribution is 2.36. The molecule has 0 unspecified atom stereocenters. The number of amides is 1. The Hall–Kier alpha value is -3.35. The Morgan fingerprint density at radius 1 is 1.07 bits per heavy atom. The van der Waals surface area contributed by atoms with Crippen molar-refractivity contribution in [1.29, 1.82) is 0 Å². The normalized spacial score (nSPS) is 17.0. The molecule has 0 N–H and O–H groups in total. The first-order valence-corrected chi connectivity index (χ1v) is 9.26. The number of esters is 1. The first kappa shape index (κ1) is 20.4. The van der Waals surface area contributed by atoms with Gasteiger partial charge in [0.1, 0.15) is 11.5 Å². The van der Waals surface area contributed by atoms with Gasteiger partial charge in [0.25, 0.3) is 0 Å². The second-order valence-corrected chi connectivity index (χ2v) is 6.75. The van der Waals surface area contributed by atoms with E-state index in [1.807, 2.05) is 0 Å². The number of ketones is 1. The van der Waals surface area contributed by atoms with Gasteiger partial charge in [0.15, 0.2) is 6.10 Å². The van der Waals surface area contributed by atoms with Crippen molar-refractivity contribution < 1.29 is 28.6 Å². The zero-order valence-corrected chi connectivity index (χ0v) is 16.6. The molecule has 152 valence electrons. The summed E-state index contributed by atoms with van der Waals surface area (Å²) in [7, 11) is 3.04. The minimum absolute atomic E-state index is 0.00540. The van der Waals surface area contributed by atoms with E-state index in [0.717, 1.165) is 0 Å². The number of methoxy groups -OCH3 is 2. The van der Waals surface area contributed by atoms with E-state index in [4.69, 9.17) is 14.2 Å². The van der Waals surface area contributed by atoms with Crippen molar-refractivity contribution in [3.05, 3.63) is 54.1 Å². The predicted molar refractivity (Wildman–Crippen MR) is 106 cm³/mol. The Kier molecular flexibility index (Phi) is 6.16. The minimum Gasteiger partial charge on any atom is -0.497 e. The first-order chi connectivity index (χ1) is 13.9. The van der Waals surface area contributed by atoms with E-state index in [1.54, 1.807) is 48.5 Å². The molecule has 1 aliphatic rings. The van der Waals surface area contributed by atoms with E-state index in [0.29, 0.717) is 22.7 Å². The Morgan fingerprint density at radius 3 is 2.45 bits per heavy atom. The first-order valence-electron chi connectivity index (χ1n) is 9.26. The quantitative estimate of drug-likeness (QED) is 0.528. The molecular weight excluding hydrogens is 374 g/mol. The lowest BCUT2D eigenvalue weighted by molar-refractivity contribution is -0.151. The Bertz CT molecular complexity index is 911. The smallest absolute Gasteiger partial charge is 0.312 e. The molecule has 7 heteroatoms. The van der Waals surface area contributed by atoms with Crippen molar-refractivity contribution >= 4 is 23.3 Å². The molecule has 7 nitrogen and oxygen atoms in total. The van der Waals surface area contributed by atoms with Crippen LogP contribution in [0.4, 0.5) is 5.69 Å². The lowest BCUT2D eigenvalue weighted by Crippen LogP contribution is -2.30. The Balaban J connectivity index is 1.70. The van der Waals surface area contributed by atoms with Gasteiger partial charge in [-0.3, -0.25) is 14.4 Å². The highest BCUT2D eigenvalue weighted by Gasteiger charge is 2.38. The molecule has 3 rings (SSSR count). The number of hydrogen-bond donors (Lipinski definition) is 0. The van der Waals surface area contributed by atoms with Crippen LogP contribution >= 0.6 is 0 Å². The molecule has 29 heavy (non-hydrogen) atoms. The van der Waals surface area contributed by atoms with Crippen LogP contribution < -0.4 is 14.4 Å². The lowest BCUT2D eigenvalue weighted by Gasteiger charge is -2.20. The fraction of sp³-hybridized carbons (Fsp3) is 0.318. The topological polar surface area (TPSA) is 82.1 Å². The van der Waals surface area contributed by atoms with Gasteiger partial charge in [0, 0.05) is 24.6 Å². The van der Waals surface area contributed by atoms with Gasteiger partial charge in [-0.25, -0.2) is 0 Å². The number of carbonyl (C=O) groups excluding carboxylic acids is 3. The van der Waals surface area contributed by atoms with Crippen molar-refractivity contribution in [2.45, 2.75) is 19.4 Å². The van der Waals surface area contributed by atoms with Crippen LogP contribution in [0.2, 0.25) is 0 Å². The maximum absolute atomic E-state index is 12.6. The van der Waals surface area contributed by atoms with E-state index in [2.05, 4.69) is 0 Å². The van der Waals surface area contributed by atoms with Crippen LogP contribution in [0.1, 0.15) is 23.7 Å². The summed E-state index contributed by atoms with van der Waals surface area (Å²) in [6, 6.07) is 13.8. The van der Waals surface area contributed by atoms with Crippen molar-refractivity contribution in [2.75, 3.05) is 25.7 Å². The molecule has 0 aromatic heterocycles. The number of nitrogens with zero attached hydrogens (tertiary/aromatic N) is 1. The minimum atomic E-state index is -0.930. The van der Waals surface area contributed by atoms with Crippen LogP contribution in [0.3, 0.4) is 0 Å². The summed E-state index contributed by atoms with van der Waals surface area (Å²) >= 11 is 0. The summed E-state index contributed by atoms with van der Waals surface area (Å²) in [5.41, 5.74) is 0.999. The Labute approximate surface area is 169 Å². The second-order valence-electron chi connectivity index (χ2n) is 6.75. The molecule has 0 bridgehead atoms. The van der Waals surface area contributed by atoms with Crippen molar-refractivity contribution in [1.82, 2.24) is 0 Å². The van der Waals surface area contributed by atoms with Crippen LogP contribution in [0.15, 0.2) is 48.5 Å². The molecule has 0 spiro atoms. The van der Waals surface area contributed by atoms with Gasteiger partial charge in [-0.15, -0.1) is 0 Å². The van der Waals surface area contributed by atoms with E-state index in [9.17, 15) is 14.4 Å². The molecule has 1 heterocycles. The molecule has 0 aliphatic carbocycles. The highest BCUT2D eigenvalue weighted by molar-refractivity contribution is 6.02. The number of rotatable bonds is 7. The van der Waals surface area contributed by atoms with Gasteiger partial charge in [0.05, 0.1) is 25.8 Å². The molecule has 2 aromatic carbocycles. The molecule has 2 atom stereocenters. The summed E-state index contributed by atoms with van der Waals surface area (Å²) in [6.07, 6.45) is -0.925. The summed E-state index contributed by atoms with van der Waals surface area (Å²) in [4.78, 5) is 39.0. The maximum Gasteiger partial charge on any atom is 0.312 e. The SMILES string of the molecule is COc1ccc(OC)c(N2C[C@@H](C(=O)O[C@@H](C)C(=O)c3ccccc3)CC2=O)c1. The lowest BCUT2D eigenvalue weighted by atomic mass is 10.1. The molecule has 1 aliphatic heterocycles. The van der Waals surface area contributed by atoms with Crippen molar-refractivity contribution in [2.24, 2.45) is 5.92 Å². The molecule has 0 radical (unpaired) electrons. The molecule has 1 fully saturated rings. The van der Waals surface area contributed by atoms with Gasteiger partial charge >= 0.3 is 5.97 Å². The zero-order chi connectivity index (χ0) is 21.0. The van der Waals surface area contributed by atoms with Gasteiger partial charge < -0.3 is 19.1 Å². The number of carbonyl (C=O) groups is 3. The fourth-order valence-corrected chi connectivity index (χ4v) is 3.27. The van der Waals surface area contributed by atoms with Crippen LogP contribution in [0, 0.1) is 5.92 Å². The summed E-state index contributed by atoms with van der Waals surface area (Å²) in [5, 5.41) is 0. The van der Waals surface area contributed by atoms with Gasteiger partial charge in [-0.1, -0.05) is 30.3 Å². The summed E-state index contributed by atoms with van der Waals surface area (Å²) < 4.78 is 15.9. The van der Waals surface area contributed by atoms with Crippen molar-refractivity contribution in [3.63, 3.8) is 0 Å². The molecule has 2 aromatic rings. The summed E-state index contributed by atoms with van der Waals surface area (Å²) in [6.45, 7) is 1.68. The monoisotopic (exact) mass is 397 g/mol. The molecule has 1 saturated heterocycles. The van der Waals surface area contributed by atoms with E-state index < -0.39 is 18.0 Å². The summed E-state index contributed by atoms with van der Waals surface area (Å²) in [5.74, 6) is -0.665. The molecular formula is C22H23NO6. The maximum atomic E-state index is 12.6. The third-order valence-corrected chi connectivity index (χ3v) is 4.86. The van der Waals surface area contributed by atoms with Gasteiger partial charge in [0.2, 0.25) is 11.7 Å². The van der Waals surface area contributed by atoms with E-state index in [1.165, 1.54) is 26.0 Å². The number of Topliss-reactive ketones (excluding diaryl/α,β-unsaturated/α-hetero) is 1. The standard InChI is InChI=1S/C22H23NO6/c1-14(21(25)15-7-5-4-6-8-15)29-22(26)16-11-20(24)23(13-16)18-12-17(27-2)9-10-19(18)28-3/h4-10,12,14,16H,11,13H2,1-3H3/t14-,16-/m0/s1. The average molecular weight is 397 g/mol. The predicted octanol–water partition coefficient (Wildman–Crippen LogP) is 2.87. The van der Waals surface area contributed by atoms with E-state index in [-0.39, 0.29) is 24.7 Å². The second kappa shape index (κ2) is 8.77. The number of hydrogen-bond acceptors (Lipinski definition) is 6.